The molecule has 1 saturated carbocycles. The van der Waals surface area contributed by atoms with E-state index in [9.17, 15) is 26.3 Å². The minimum atomic E-state index is -4.83. The van der Waals surface area contributed by atoms with Gasteiger partial charge in [0.25, 0.3) is 0 Å². The van der Waals surface area contributed by atoms with Crippen molar-refractivity contribution in [2.75, 3.05) is 0 Å². The largest absolute Gasteiger partial charge is 0.413 e. The maximum absolute atomic E-state index is 12.4. The predicted octanol–water partition coefficient (Wildman–Crippen LogP) is 3.84. The highest BCUT2D eigenvalue weighted by Gasteiger charge is 2.57. The van der Waals surface area contributed by atoms with E-state index in [1.165, 1.54) is 0 Å². The number of allylic oxidation sites excluding steroid dienone is 2. The number of halogens is 6. The van der Waals surface area contributed by atoms with Crippen molar-refractivity contribution in [2.45, 2.75) is 31.6 Å². The third kappa shape index (κ3) is 1.63. The number of rotatable bonds is 0. The van der Waals surface area contributed by atoms with Gasteiger partial charge in [-0.05, 0) is 31.1 Å². The molecule has 0 spiro atoms. The van der Waals surface area contributed by atoms with Crippen molar-refractivity contribution in [1.29, 1.82) is 0 Å². The van der Waals surface area contributed by atoms with Crippen molar-refractivity contribution in [3.8, 4) is 0 Å². The van der Waals surface area contributed by atoms with Gasteiger partial charge >= 0.3 is 12.4 Å². The monoisotopic (exact) mass is 230 g/mol. The summed E-state index contributed by atoms with van der Waals surface area (Å²) in [5.74, 6) is -1.85. The minimum Gasteiger partial charge on any atom is -0.166 e. The number of fused-ring (bicyclic) bond motifs is 2. The average molecular weight is 230 g/mol. The van der Waals surface area contributed by atoms with Crippen LogP contribution in [0.1, 0.15) is 19.3 Å². The summed E-state index contributed by atoms with van der Waals surface area (Å²) >= 11 is 0. The first-order valence-corrected chi connectivity index (χ1v) is 4.59. The van der Waals surface area contributed by atoms with Gasteiger partial charge in [-0.2, -0.15) is 26.3 Å². The number of hydrogen-bond donors (Lipinski definition) is 0. The van der Waals surface area contributed by atoms with E-state index < -0.39 is 35.3 Å². The van der Waals surface area contributed by atoms with Gasteiger partial charge in [-0.25, -0.2) is 0 Å². The molecule has 0 aliphatic heterocycles. The summed E-state index contributed by atoms with van der Waals surface area (Å²) in [4.78, 5) is 0. The predicted molar refractivity (Wildman–Crippen MR) is 40.0 cm³/mol. The topological polar surface area (TPSA) is 0 Å². The molecule has 0 aromatic carbocycles. The maximum atomic E-state index is 12.4. The van der Waals surface area contributed by atoms with E-state index in [2.05, 4.69) is 0 Å². The summed E-state index contributed by atoms with van der Waals surface area (Å²) in [7, 11) is 0. The van der Waals surface area contributed by atoms with Gasteiger partial charge < -0.3 is 0 Å². The molecule has 0 N–H and O–H groups in total. The molecule has 0 aromatic heterocycles. The minimum absolute atomic E-state index is 0.0175. The van der Waals surface area contributed by atoms with E-state index in [-0.39, 0.29) is 19.3 Å². The summed E-state index contributed by atoms with van der Waals surface area (Å²) in [5.41, 5.74) is -2.63. The number of hydrogen-bond acceptors (Lipinski definition) is 0. The first-order valence-electron chi connectivity index (χ1n) is 4.59. The van der Waals surface area contributed by atoms with Crippen LogP contribution in [0.5, 0.6) is 0 Å². The van der Waals surface area contributed by atoms with E-state index >= 15 is 0 Å². The Kier molecular flexibility index (Phi) is 2.11. The molecule has 15 heavy (non-hydrogen) atoms. The van der Waals surface area contributed by atoms with Crippen LogP contribution in [0.2, 0.25) is 0 Å². The quantitative estimate of drug-likeness (QED) is 0.438. The van der Waals surface area contributed by atoms with Crippen molar-refractivity contribution in [3.05, 3.63) is 11.1 Å². The van der Waals surface area contributed by atoms with Gasteiger partial charge in [-0.3, -0.25) is 0 Å². The molecule has 0 radical (unpaired) electrons. The standard InChI is InChI=1S/C9H8F6/c10-8(11,12)6-4-1-2-5(3-4)7(6)9(13,14)15/h4-5H,1-3H2. The zero-order chi connectivity index (χ0) is 11.4. The molecule has 0 saturated heterocycles. The molecule has 2 aliphatic rings. The highest BCUT2D eigenvalue weighted by atomic mass is 19.4. The normalized spacial score (nSPS) is 31.6. The van der Waals surface area contributed by atoms with Crippen molar-refractivity contribution < 1.29 is 26.3 Å². The van der Waals surface area contributed by atoms with E-state index in [1.807, 2.05) is 0 Å². The van der Waals surface area contributed by atoms with Gasteiger partial charge in [0.1, 0.15) is 0 Å². The Balaban J connectivity index is 2.49. The van der Waals surface area contributed by atoms with Gasteiger partial charge in [-0.1, -0.05) is 0 Å². The molecule has 0 heterocycles. The zero-order valence-electron chi connectivity index (χ0n) is 7.54. The second-order valence-corrected chi connectivity index (χ2v) is 4.03. The van der Waals surface area contributed by atoms with E-state index in [0.717, 1.165) is 0 Å². The Hall–Kier alpha value is -0.680. The van der Waals surface area contributed by atoms with Gasteiger partial charge in [-0.15, -0.1) is 0 Å². The fraction of sp³-hybridized carbons (Fsp3) is 0.778. The second kappa shape index (κ2) is 2.92. The molecule has 1 fully saturated rings. The lowest BCUT2D eigenvalue weighted by atomic mass is 9.91. The molecule has 0 nitrogen and oxygen atoms in total. The SMILES string of the molecule is FC(F)(F)C1=C(C(F)(F)F)C2CCC1C2. The van der Waals surface area contributed by atoms with Gasteiger partial charge in [0.05, 0.1) is 0 Å². The molecule has 0 amide bonds. The molecule has 0 aromatic rings. The summed E-state index contributed by atoms with van der Waals surface area (Å²) in [6, 6.07) is 0. The smallest absolute Gasteiger partial charge is 0.166 e. The lowest BCUT2D eigenvalue weighted by Gasteiger charge is -2.23. The van der Waals surface area contributed by atoms with Crippen LogP contribution in [0.4, 0.5) is 26.3 Å². The lowest BCUT2D eigenvalue weighted by Crippen LogP contribution is -2.26. The summed E-state index contributed by atoms with van der Waals surface area (Å²) < 4.78 is 74.6. The molecular formula is C9H8F6. The van der Waals surface area contributed by atoms with E-state index in [4.69, 9.17) is 0 Å². The Labute approximate surface area is 82.0 Å². The van der Waals surface area contributed by atoms with Crippen LogP contribution in [-0.4, -0.2) is 12.4 Å². The van der Waals surface area contributed by atoms with Crippen molar-refractivity contribution >= 4 is 0 Å². The number of alkyl halides is 6. The van der Waals surface area contributed by atoms with Crippen molar-refractivity contribution in [2.24, 2.45) is 11.8 Å². The summed E-state index contributed by atoms with van der Waals surface area (Å²) in [6.45, 7) is 0. The fourth-order valence-electron chi connectivity index (χ4n) is 2.71. The van der Waals surface area contributed by atoms with Crippen LogP contribution in [-0.2, 0) is 0 Å². The molecule has 2 aliphatic carbocycles. The zero-order valence-corrected chi connectivity index (χ0v) is 7.54. The Morgan fingerprint density at radius 1 is 0.733 bits per heavy atom. The lowest BCUT2D eigenvalue weighted by molar-refractivity contribution is -0.121. The maximum Gasteiger partial charge on any atom is 0.413 e. The highest BCUT2D eigenvalue weighted by molar-refractivity contribution is 5.35. The second-order valence-electron chi connectivity index (χ2n) is 4.03. The van der Waals surface area contributed by atoms with Crippen LogP contribution >= 0.6 is 0 Å². The molecule has 86 valence electrons. The molecule has 2 rings (SSSR count). The Morgan fingerprint density at radius 2 is 1.07 bits per heavy atom. The summed E-state index contributed by atoms with van der Waals surface area (Å²) in [5, 5.41) is 0. The first kappa shape index (κ1) is 10.8. The van der Waals surface area contributed by atoms with Crippen molar-refractivity contribution in [3.63, 3.8) is 0 Å². The van der Waals surface area contributed by atoms with Crippen molar-refractivity contribution in [1.82, 2.24) is 0 Å². The third-order valence-electron chi connectivity index (χ3n) is 3.15. The van der Waals surface area contributed by atoms with Crippen LogP contribution in [0.15, 0.2) is 11.1 Å². The summed E-state index contributed by atoms with van der Waals surface area (Å²) in [6.07, 6.45) is -9.17. The average Bonchev–Trinajstić information content (AvgIpc) is 2.56. The van der Waals surface area contributed by atoms with E-state index in [0.29, 0.717) is 0 Å². The molecule has 2 unspecified atom stereocenters. The van der Waals surface area contributed by atoms with Crippen LogP contribution in [0, 0.1) is 11.8 Å². The van der Waals surface area contributed by atoms with Gasteiger partial charge in [0, 0.05) is 11.1 Å². The highest BCUT2D eigenvalue weighted by Crippen LogP contribution is 2.57. The van der Waals surface area contributed by atoms with Crippen LogP contribution in [0.3, 0.4) is 0 Å². The van der Waals surface area contributed by atoms with Gasteiger partial charge in [0.15, 0.2) is 0 Å². The molecule has 6 heteroatoms. The molecular weight excluding hydrogens is 222 g/mol. The Bertz CT molecular complexity index is 278. The molecule has 2 atom stereocenters. The Morgan fingerprint density at radius 3 is 1.33 bits per heavy atom. The first-order chi connectivity index (χ1) is 6.71. The van der Waals surface area contributed by atoms with Crippen LogP contribution < -0.4 is 0 Å². The van der Waals surface area contributed by atoms with Crippen LogP contribution in [0.25, 0.3) is 0 Å². The fourth-order valence-corrected chi connectivity index (χ4v) is 2.71. The van der Waals surface area contributed by atoms with E-state index in [1.54, 1.807) is 0 Å². The van der Waals surface area contributed by atoms with Gasteiger partial charge in [0.2, 0.25) is 0 Å². The molecule has 2 bridgehead atoms. The third-order valence-corrected chi connectivity index (χ3v) is 3.15.